The Labute approximate surface area is 182 Å². The summed E-state index contributed by atoms with van der Waals surface area (Å²) >= 11 is 3.25. The number of carbonyl (C=O) groups excluding carboxylic acids is 1. The molecule has 2 heterocycles. The van der Waals surface area contributed by atoms with Gasteiger partial charge in [-0.2, -0.15) is 0 Å². The second-order valence-corrected chi connectivity index (χ2v) is 9.66. The van der Waals surface area contributed by atoms with E-state index in [0.717, 1.165) is 28.6 Å². The Morgan fingerprint density at radius 2 is 2.00 bits per heavy atom. The number of rotatable bonds is 11. The molecule has 0 bridgehead atoms. The van der Waals surface area contributed by atoms with E-state index in [1.165, 1.54) is 42.6 Å². The van der Waals surface area contributed by atoms with Crippen LogP contribution in [0.2, 0.25) is 0 Å². The fraction of sp³-hybridized carbons (Fsp3) is 0.571. The highest BCUT2D eigenvalue weighted by atomic mass is 32.2. The van der Waals surface area contributed by atoms with Crippen molar-refractivity contribution in [1.82, 2.24) is 15.1 Å². The number of anilines is 2. The van der Waals surface area contributed by atoms with E-state index in [9.17, 15) is 4.79 Å². The zero-order valence-corrected chi connectivity index (χ0v) is 19.2. The molecule has 2 amide bonds. The topological polar surface area (TPSA) is 61.4 Å². The van der Waals surface area contributed by atoms with Gasteiger partial charge in [0.2, 0.25) is 5.13 Å². The van der Waals surface area contributed by atoms with Crippen molar-refractivity contribution in [3.8, 4) is 0 Å². The summed E-state index contributed by atoms with van der Waals surface area (Å²) < 4.78 is 0.934. The average Bonchev–Trinajstić information content (AvgIpc) is 3.28. The zero-order valence-electron chi connectivity index (χ0n) is 17.6. The van der Waals surface area contributed by atoms with Gasteiger partial charge in [-0.05, 0) is 24.5 Å². The number of hydrogen-bond acceptors (Lipinski definition) is 6. The first kappa shape index (κ1) is 21.9. The van der Waals surface area contributed by atoms with Crippen LogP contribution in [0.3, 0.4) is 0 Å². The minimum Gasteiger partial charge on any atom is -0.363 e. The molecule has 1 aromatic heterocycles. The summed E-state index contributed by atoms with van der Waals surface area (Å²) in [5.74, 6) is 1.05. The molecule has 1 N–H and O–H groups in total. The van der Waals surface area contributed by atoms with E-state index in [1.54, 1.807) is 21.6 Å². The van der Waals surface area contributed by atoms with Gasteiger partial charge in [0.1, 0.15) is 6.17 Å². The molecule has 0 saturated carbocycles. The summed E-state index contributed by atoms with van der Waals surface area (Å²) in [5.41, 5.74) is 2.36. The fourth-order valence-corrected chi connectivity index (χ4v) is 5.39. The van der Waals surface area contributed by atoms with E-state index in [1.807, 2.05) is 13.1 Å². The summed E-state index contributed by atoms with van der Waals surface area (Å²) in [6.45, 7) is 5.01. The fourth-order valence-electron chi connectivity index (χ4n) is 3.44. The lowest BCUT2D eigenvalue weighted by Gasteiger charge is -2.23. The number of aromatic nitrogens is 2. The van der Waals surface area contributed by atoms with Crippen LogP contribution in [0.4, 0.5) is 15.6 Å². The van der Waals surface area contributed by atoms with Crippen LogP contribution in [0.25, 0.3) is 0 Å². The number of thioether (sulfide) groups is 1. The molecule has 158 valence electrons. The van der Waals surface area contributed by atoms with E-state index in [4.69, 9.17) is 0 Å². The van der Waals surface area contributed by atoms with Crippen molar-refractivity contribution in [2.24, 2.45) is 0 Å². The molecule has 0 spiro atoms. The molecular weight excluding hydrogens is 402 g/mol. The van der Waals surface area contributed by atoms with Gasteiger partial charge >= 0.3 is 6.03 Å². The van der Waals surface area contributed by atoms with Crippen molar-refractivity contribution in [3.63, 3.8) is 0 Å². The summed E-state index contributed by atoms with van der Waals surface area (Å²) in [6.07, 6.45) is 6.92. The smallest absolute Gasteiger partial charge is 0.328 e. The van der Waals surface area contributed by atoms with Crippen molar-refractivity contribution in [2.45, 2.75) is 62.9 Å². The maximum absolute atomic E-state index is 12.8. The number of likely N-dealkylation sites (N-methyl/N-ethyl adjacent to an activating group) is 1. The molecule has 1 aliphatic rings. The quantitative estimate of drug-likeness (QED) is 0.289. The number of hydrogen-bond donors (Lipinski definition) is 1. The lowest BCUT2D eigenvalue weighted by molar-refractivity contribution is 0.229. The molecule has 1 aliphatic heterocycles. The SMILES string of the molecule is CCCCCCSc1nnc(N2C(=O)N(C)CC2Nc2ccccc2CCC)s1. The van der Waals surface area contributed by atoms with E-state index < -0.39 is 0 Å². The summed E-state index contributed by atoms with van der Waals surface area (Å²) in [4.78, 5) is 16.3. The highest BCUT2D eigenvalue weighted by Crippen LogP contribution is 2.33. The van der Waals surface area contributed by atoms with Gasteiger partial charge in [-0.1, -0.05) is 80.8 Å². The van der Waals surface area contributed by atoms with E-state index >= 15 is 0 Å². The molecule has 3 rings (SSSR count). The van der Waals surface area contributed by atoms with Crippen LogP contribution >= 0.6 is 23.1 Å². The molecule has 1 unspecified atom stereocenters. The number of para-hydroxylation sites is 1. The van der Waals surface area contributed by atoms with Crippen molar-refractivity contribution in [1.29, 1.82) is 0 Å². The van der Waals surface area contributed by atoms with Gasteiger partial charge < -0.3 is 10.2 Å². The highest BCUT2D eigenvalue weighted by molar-refractivity contribution is 8.01. The van der Waals surface area contributed by atoms with Crippen LogP contribution in [-0.4, -0.2) is 46.6 Å². The lowest BCUT2D eigenvalue weighted by Crippen LogP contribution is -2.39. The molecule has 1 aromatic carbocycles. The first-order valence-electron chi connectivity index (χ1n) is 10.5. The second kappa shape index (κ2) is 10.8. The third-order valence-corrected chi connectivity index (χ3v) is 7.12. The molecular formula is C21H31N5OS2. The Hall–Kier alpha value is -1.80. The molecule has 1 atom stereocenters. The van der Waals surface area contributed by atoms with Crippen molar-refractivity contribution < 1.29 is 4.79 Å². The number of aryl methyl sites for hydroxylation is 1. The second-order valence-electron chi connectivity index (χ2n) is 7.36. The third-order valence-electron chi connectivity index (χ3n) is 4.98. The van der Waals surface area contributed by atoms with E-state index in [2.05, 4.69) is 47.6 Å². The van der Waals surface area contributed by atoms with Gasteiger partial charge in [0, 0.05) is 18.5 Å². The van der Waals surface area contributed by atoms with Crippen LogP contribution in [0.15, 0.2) is 28.6 Å². The lowest BCUT2D eigenvalue weighted by atomic mass is 10.1. The van der Waals surface area contributed by atoms with E-state index in [0.29, 0.717) is 11.7 Å². The zero-order chi connectivity index (χ0) is 20.6. The summed E-state index contributed by atoms with van der Waals surface area (Å²) in [6, 6.07) is 8.30. The molecule has 6 nitrogen and oxygen atoms in total. The maximum atomic E-state index is 12.8. The number of amides is 2. The molecule has 0 radical (unpaired) electrons. The minimum atomic E-state index is -0.152. The number of nitrogens with one attached hydrogen (secondary N) is 1. The van der Waals surface area contributed by atoms with Crippen molar-refractivity contribution in [3.05, 3.63) is 29.8 Å². The third kappa shape index (κ3) is 5.63. The Morgan fingerprint density at radius 1 is 1.17 bits per heavy atom. The molecule has 2 aromatic rings. The van der Waals surface area contributed by atoms with Crippen LogP contribution < -0.4 is 10.2 Å². The van der Waals surface area contributed by atoms with Gasteiger partial charge in [0.15, 0.2) is 4.34 Å². The highest BCUT2D eigenvalue weighted by Gasteiger charge is 2.38. The first-order valence-corrected chi connectivity index (χ1v) is 12.3. The standard InChI is InChI=1S/C21H31N5OS2/c1-4-6-7-10-14-28-20-24-23-19(29-20)26-18(15-25(3)21(26)27)22-17-13-9-8-12-16(17)11-5-2/h8-9,12-13,18,22H,4-7,10-11,14-15H2,1-3H3. The van der Waals surface area contributed by atoms with Crippen molar-refractivity contribution in [2.75, 3.05) is 29.6 Å². The monoisotopic (exact) mass is 433 g/mol. The van der Waals surface area contributed by atoms with Crippen LogP contribution in [-0.2, 0) is 6.42 Å². The minimum absolute atomic E-state index is 0.0360. The molecule has 8 heteroatoms. The Morgan fingerprint density at radius 3 is 2.79 bits per heavy atom. The Kier molecular flexibility index (Phi) is 8.18. The molecule has 29 heavy (non-hydrogen) atoms. The Bertz CT molecular complexity index is 797. The van der Waals surface area contributed by atoms with Crippen molar-refractivity contribution >= 4 is 39.9 Å². The maximum Gasteiger partial charge on any atom is 0.328 e. The Balaban J connectivity index is 1.69. The normalized spacial score (nSPS) is 16.7. The van der Waals surface area contributed by atoms with E-state index in [-0.39, 0.29) is 12.2 Å². The van der Waals surface area contributed by atoms with Gasteiger partial charge in [-0.3, -0.25) is 0 Å². The predicted molar refractivity (Wildman–Crippen MR) is 123 cm³/mol. The number of unbranched alkanes of at least 4 members (excludes halogenated alkanes) is 3. The number of urea groups is 1. The number of carbonyl (C=O) groups is 1. The summed E-state index contributed by atoms with van der Waals surface area (Å²) in [5, 5.41) is 12.9. The molecule has 1 saturated heterocycles. The summed E-state index contributed by atoms with van der Waals surface area (Å²) in [7, 11) is 1.83. The average molecular weight is 434 g/mol. The van der Waals surface area contributed by atoms with Gasteiger partial charge in [-0.15, -0.1) is 10.2 Å². The van der Waals surface area contributed by atoms with Gasteiger partial charge in [0.25, 0.3) is 0 Å². The molecule has 1 fully saturated rings. The van der Waals surface area contributed by atoms with Gasteiger partial charge in [-0.25, -0.2) is 9.69 Å². The van der Waals surface area contributed by atoms with Crippen LogP contribution in [0.1, 0.15) is 51.5 Å². The van der Waals surface area contributed by atoms with Gasteiger partial charge in [0.05, 0.1) is 6.54 Å². The first-order chi connectivity index (χ1) is 14.1. The predicted octanol–water partition coefficient (Wildman–Crippen LogP) is 5.47. The largest absolute Gasteiger partial charge is 0.363 e. The van der Waals surface area contributed by atoms with Crippen LogP contribution in [0, 0.1) is 0 Å². The number of benzene rings is 1. The van der Waals surface area contributed by atoms with Crippen LogP contribution in [0.5, 0.6) is 0 Å². The molecule has 0 aliphatic carbocycles. The number of nitrogens with zero attached hydrogens (tertiary/aromatic N) is 4.